The van der Waals surface area contributed by atoms with Gasteiger partial charge in [-0.05, 0) is 154 Å². The maximum Gasteiger partial charge on any atom is 0.176 e. The van der Waals surface area contributed by atoms with Crippen LogP contribution < -0.4 is 9.80 Å². The Morgan fingerprint density at radius 2 is 1.69 bits per heavy atom. The lowest BCUT2D eigenvalue weighted by atomic mass is 9.64. The molecule has 6 aliphatic rings. The molecule has 54 heavy (non-hydrogen) atoms. The zero-order valence-electron chi connectivity index (χ0n) is 32.5. The highest BCUT2D eigenvalue weighted by Crippen LogP contribution is 2.68. The largest absolute Gasteiger partial charge is 0.473 e. The number of rotatable bonds is 8. The highest BCUT2D eigenvalue weighted by molar-refractivity contribution is 5.73. The Bertz CT molecular complexity index is 2210. The third kappa shape index (κ3) is 5.62. The van der Waals surface area contributed by atoms with E-state index in [0.29, 0.717) is 11.8 Å². The quantitative estimate of drug-likeness (QED) is 0.171. The first-order valence-electron chi connectivity index (χ1n) is 20.5. The van der Waals surface area contributed by atoms with Gasteiger partial charge in [0.1, 0.15) is 5.76 Å². The molecule has 1 spiro atoms. The molecule has 0 amide bonds. The number of allylic oxidation sites excluding steroid dienone is 13. The van der Waals surface area contributed by atoms with Gasteiger partial charge in [-0.3, -0.25) is 0 Å². The fraction of sp³-hybridized carbons (Fsp3) is 0.333. The number of anilines is 2. The van der Waals surface area contributed by atoms with E-state index < -0.39 is 0 Å². The molecule has 3 nitrogen and oxygen atoms in total. The van der Waals surface area contributed by atoms with Crippen LogP contribution in [-0.2, 0) is 10.2 Å². The van der Waals surface area contributed by atoms with Gasteiger partial charge in [-0.25, -0.2) is 0 Å². The molecule has 9 rings (SSSR count). The van der Waals surface area contributed by atoms with Crippen LogP contribution >= 0.6 is 0 Å². The fourth-order valence-corrected chi connectivity index (χ4v) is 10.6. The van der Waals surface area contributed by atoms with Crippen LogP contribution in [0.3, 0.4) is 0 Å². The molecule has 4 atom stereocenters. The second kappa shape index (κ2) is 14.3. The third-order valence-electron chi connectivity index (χ3n) is 12.8. The van der Waals surface area contributed by atoms with E-state index in [1.165, 1.54) is 67.6 Å². The number of aryl methyl sites for hydroxylation is 1. The lowest BCUT2D eigenvalue weighted by Crippen LogP contribution is -2.44. The van der Waals surface area contributed by atoms with Gasteiger partial charge in [0.2, 0.25) is 0 Å². The standard InChI is InChI=1S/C51H54N2O/c1-5-7-19-37(6-2)52(39-22-15-17-35(3)32-39)41-28-29-44-45-30-31-49(53(38-20-9-8-10-21-38)40-23-16-18-36(4)33-40)54-50(45)51(48(44)34-41)46-26-13-11-24-42(46)43-25-12-14-27-47(43)51/h6-13,15,17,19-26,32-34,43,47,49H,5,14,16,18,27-31H2,1-4H3/b19-7-,37-6+/t43-,47?,49?,51?/m0/s1. The molecule has 0 N–H and O–H groups in total. The first-order chi connectivity index (χ1) is 26.5. The molecule has 1 heterocycles. The lowest BCUT2D eigenvalue weighted by Gasteiger charge is -2.45. The van der Waals surface area contributed by atoms with Crippen molar-refractivity contribution in [3.05, 3.63) is 189 Å². The van der Waals surface area contributed by atoms with E-state index in [-0.39, 0.29) is 11.6 Å². The molecule has 3 heteroatoms. The monoisotopic (exact) mass is 710 g/mol. The van der Waals surface area contributed by atoms with Crippen molar-refractivity contribution in [2.75, 3.05) is 9.80 Å². The zero-order valence-corrected chi connectivity index (χ0v) is 32.5. The number of nitrogens with zero attached hydrogens (tertiary/aromatic N) is 2. The molecule has 0 aromatic heterocycles. The molecule has 5 aliphatic carbocycles. The van der Waals surface area contributed by atoms with Gasteiger partial charge >= 0.3 is 0 Å². The van der Waals surface area contributed by atoms with Gasteiger partial charge in [-0.15, -0.1) is 0 Å². The fourth-order valence-electron chi connectivity index (χ4n) is 10.6. The number of ether oxygens (including phenoxy) is 1. The van der Waals surface area contributed by atoms with Gasteiger partial charge in [0.05, 0.1) is 5.41 Å². The maximum absolute atomic E-state index is 7.77. The molecule has 0 radical (unpaired) electrons. The minimum atomic E-state index is -0.330. The van der Waals surface area contributed by atoms with Crippen molar-refractivity contribution in [1.29, 1.82) is 0 Å². The highest BCUT2D eigenvalue weighted by Gasteiger charge is 2.62. The second-order valence-electron chi connectivity index (χ2n) is 16.0. The third-order valence-corrected chi connectivity index (χ3v) is 12.8. The summed E-state index contributed by atoms with van der Waals surface area (Å²) in [6, 6.07) is 29.4. The van der Waals surface area contributed by atoms with Crippen LogP contribution in [0.15, 0.2) is 173 Å². The van der Waals surface area contributed by atoms with Gasteiger partial charge < -0.3 is 14.5 Å². The van der Waals surface area contributed by atoms with E-state index in [9.17, 15) is 0 Å². The van der Waals surface area contributed by atoms with Crippen molar-refractivity contribution < 1.29 is 4.74 Å². The number of hydrogen-bond acceptors (Lipinski definition) is 3. The summed E-state index contributed by atoms with van der Waals surface area (Å²) in [5.74, 6) is 2.02. The molecule has 274 valence electrons. The van der Waals surface area contributed by atoms with Crippen LogP contribution in [-0.4, -0.2) is 6.23 Å². The Labute approximate surface area is 323 Å². The molecule has 0 saturated heterocycles. The molecule has 0 fully saturated rings. The lowest BCUT2D eigenvalue weighted by molar-refractivity contribution is 0.0610. The molecule has 0 saturated carbocycles. The molecule has 0 bridgehead atoms. The van der Waals surface area contributed by atoms with Gasteiger partial charge in [-0.1, -0.05) is 97.5 Å². The normalized spacial score (nSPS) is 25.8. The summed E-state index contributed by atoms with van der Waals surface area (Å²) < 4.78 is 7.77. The van der Waals surface area contributed by atoms with E-state index in [1.54, 1.807) is 5.57 Å². The van der Waals surface area contributed by atoms with Crippen molar-refractivity contribution in [2.45, 2.75) is 103 Å². The summed E-state index contributed by atoms with van der Waals surface area (Å²) in [5.41, 5.74) is 16.2. The predicted octanol–water partition coefficient (Wildman–Crippen LogP) is 13.2. The summed E-state index contributed by atoms with van der Waals surface area (Å²) in [6.07, 6.45) is 28.6. The zero-order chi connectivity index (χ0) is 36.8. The van der Waals surface area contributed by atoms with Gasteiger partial charge in [0.15, 0.2) is 6.23 Å². The van der Waals surface area contributed by atoms with Crippen LogP contribution in [0.2, 0.25) is 0 Å². The average Bonchev–Trinajstić information content (AvgIpc) is 3.67. The minimum Gasteiger partial charge on any atom is -0.473 e. The van der Waals surface area contributed by atoms with Crippen LogP contribution in [0.25, 0.3) is 0 Å². The highest BCUT2D eigenvalue weighted by atomic mass is 16.5. The first kappa shape index (κ1) is 34.7. The minimum absolute atomic E-state index is 0.0934. The van der Waals surface area contributed by atoms with E-state index >= 15 is 0 Å². The van der Waals surface area contributed by atoms with Crippen molar-refractivity contribution in [1.82, 2.24) is 0 Å². The summed E-state index contributed by atoms with van der Waals surface area (Å²) in [4.78, 5) is 5.05. The predicted molar refractivity (Wildman–Crippen MR) is 225 cm³/mol. The summed E-state index contributed by atoms with van der Waals surface area (Å²) >= 11 is 0. The van der Waals surface area contributed by atoms with Crippen molar-refractivity contribution in [2.24, 2.45) is 5.92 Å². The smallest absolute Gasteiger partial charge is 0.176 e. The molecule has 3 aromatic carbocycles. The number of benzene rings is 3. The Kier molecular flexibility index (Phi) is 9.21. The molecule has 3 aromatic rings. The van der Waals surface area contributed by atoms with E-state index in [1.807, 2.05) is 0 Å². The molecule has 3 unspecified atom stereocenters. The van der Waals surface area contributed by atoms with Crippen LogP contribution in [0.4, 0.5) is 11.4 Å². The summed E-state index contributed by atoms with van der Waals surface area (Å²) in [7, 11) is 0. The van der Waals surface area contributed by atoms with Crippen molar-refractivity contribution in [3.8, 4) is 0 Å². The van der Waals surface area contributed by atoms with E-state index in [0.717, 1.165) is 57.8 Å². The van der Waals surface area contributed by atoms with E-state index in [4.69, 9.17) is 4.74 Å². The molecular formula is C51H54N2O. The van der Waals surface area contributed by atoms with Crippen LogP contribution in [0.1, 0.15) is 101 Å². The maximum atomic E-state index is 7.77. The molecular weight excluding hydrogens is 657 g/mol. The Balaban J connectivity index is 1.23. The Morgan fingerprint density at radius 1 is 0.852 bits per heavy atom. The number of para-hydroxylation sites is 1. The SMILES string of the molecule is C/C=C(\C=C/CC)N(C1=CC2=C(CC1)C1=C(OC(N(C3=CCCC(C)=C3)c3ccccc3)CC1)C21c2ccccc2[C@@H]2C=CCCC21)c1cccc(C)c1. The number of hydrogen-bond donors (Lipinski definition) is 0. The summed E-state index contributed by atoms with van der Waals surface area (Å²) in [5, 5.41) is 0. The number of fused-ring (bicyclic) bond motifs is 8. The van der Waals surface area contributed by atoms with Crippen LogP contribution in [0.5, 0.6) is 0 Å². The second-order valence-corrected chi connectivity index (χ2v) is 16.0. The van der Waals surface area contributed by atoms with Gasteiger partial charge in [-0.2, -0.15) is 0 Å². The average molecular weight is 711 g/mol. The van der Waals surface area contributed by atoms with Crippen LogP contribution in [0, 0.1) is 12.8 Å². The Morgan fingerprint density at radius 3 is 2.50 bits per heavy atom. The topological polar surface area (TPSA) is 15.7 Å². The summed E-state index contributed by atoms with van der Waals surface area (Å²) in [6.45, 7) is 8.88. The van der Waals surface area contributed by atoms with E-state index in [2.05, 4.69) is 165 Å². The Hall–Kier alpha value is -5.02. The van der Waals surface area contributed by atoms with Gasteiger partial charge in [0, 0.05) is 40.8 Å². The molecule has 1 aliphatic heterocycles. The van der Waals surface area contributed by atoms with Gasteiger partial charge in [0.25, 0.3) is 0 Å². The first-order valence-corrected chi connectivity index (χ1v) is 20.5. The van der Waals surface area contributed by atoms with Crippen molar-refractivity contribution in [3.63, 3.8) is 0 Å². The van der Waals surface area contributed by atoms with Crippen molar-refractivity contribution >= 4 is 11.4 Å².